The quantitative estimate of drug-likeness (QED) is 0.487. The van der Waals surface area contributed by atoms with E-state index in [1.807, 2.05) is 12.3 Å². The van der Waals surface area contributed by atoms with E-state index in [1.54, 1.807) is 0 Å². The van der Waals surface area contributed by atoms with Crippen LogP contribution in [0.5, 0.6) is 0 Å². The maximum absolute atomic E-state index is 8.16. The fourth-order valence-corrected chi connectivity index (χ4v) is 1.03. The van der Waals surface area contributed by atoms with Gasteiger partial charge in [-0.25, -0.2) is 0 Å². The largest absolute Gasteiger partial charge is 0.377 e. The molecule has 0 bridgehead atoms. The van der Waals surface area contributed by atoms with Gasteiger partial charge in [0.15, 0.2) is 0 Å². The lowest BCUT2D eigenvalue weighted by Crippen LogP contribution is -2.09. The van der Waals surface area contributed by atoms with Gasteiger partial charge in [0.25, 0.3) is 0 Å². The predicted molar refractivity (Wildman–Crippen MR) is 35.6 cm³/mol. The molecule has 0 aliphatic carbocycles. The molecule has 0 unspecified atom stereocenters. The molecule has 0 radical (unpaired) electrons. The summed E-state index contributed by atoms with van der Waals surface area (Å²) in [7, 11) is 0. The monoisotopic (exact) mass is 122 g/mol. The van der Waals surface area contributed by atoms with Gasteiger partial charge in [0, 0.05) is 25.4 Å². The normalized spacial score (nSPS) is 18.8. The Balaban J connectivity index is 2.28. The van der Waals surface area contributed by atoms with Crippen molar-refractivity contribution in [2.45, 2.75) is 12.8 Å². The molecule has 48 valence electrons. The Labute approximate surface area is 55.4 Å². The van der Waals surface area contributed by atoms with Crippen LogP contribution in [0.2, 0.25) is 0 Å². The van der Waals surface area contributed by atoms with E-state index >= 15 is 0 Å². The number of likely N-dealkylation sites (tertiary alicyclic amines) is 1. The van der Waals surface area contributed by atoms with Crippen LogP contribution in [0.1, 0.15) is 12.8 Å². The first-order valence-electron chi connectivity index (χ1n) is 3.24. The summed E-state index contributed by atoms with van der Waals surface area (Å²) in [5, 5.41) is 8.16. The molecule has 1 rings (SSSR count). The van der Waals surface area contributed by atoms with Crippen LogP contribution >= 0.6 is 0 Å². The van der Waals surface area contributed by atoms with Crippen LogP contribution in [0.4, 0.5) is 0 Å². The van der Waals surface area contributed by atoms with Crippen LogP contribution < -0.4 is 0 Å². The van der Waals surface area contributed by atoms with Crippen LogP contribution in [-0.4, -0.2) is 18.0 Å². The number of hydrogen-bond acceptors (Lipinski definition) is 2. The van der Waals surface area contributed by atoms with Crippen LogP contribution in [-0.2, 0) is 0 Å². The highest BCUT2D eigenvalue weighted by Gasteiger charge is 2.05. The maximum atomic E-state index is 8.16. The third-order valence-corrected chi connectivity index (χ3v) is 1.50. The second-order valence-corrected chi connectivity index (χ2v) is 2.19. The lowest BCUT2D eigenvalue weighted by Gasteiger charge is -2.07. The molecule has 0 spiro atoms. The Morgan fingerprint density at radius 2 is 2.00 bits per heavy atom. The van der Waals surface area contributed by atoms with E-state index in [-0.39, 0.29) is 0 Å². The summed E-state index contributed by atoms with van der Waals surface area (Å²) in [6, 6.07) is 1.97. The summed E-state index contributed by atoms with van der Waals surface area (Å²) >= 11 is 0. The van der Waals surface area contributed by atoms with E-state index in [4.69, 9.17) is 5.26 Å². The average molecular weight is 122 g/mol. The van der Waals surface area contributed by atoms with Crippen molar-refractivity contribution in [3.05, 3.63) is 12.3 Å². The first kappa shape index (κ1) is 6.15. The van der Waals surface area contributed by atoms with Gasteiger partial charge in [0.2, 0.25) is 0 Å². The zero-order chi connectivity index (χ0) is 6.53. The minimum absolute atomic E-state index is 1.12. The number of hydrogen-bond donors (Lipinski definition) is 0. The predicted octanol–water partition coefficient (Wildman–Crippen LogP) is 1.12. The zero-order valence-electron chi connectivity index (χ0n) is 5.38. The molecule has 0 aromatic carbocycles. The first-order valence-corrected chi connectivity index (χ1v) is 3.24. The minimum Gasteiger partial charge on any atom is -0.377 e. The second kappa shape index (κ2) is 3.13. The first-order chi connectivity index (χ1) is 4.43. The number of allylic oxidation sites excluding steroid dienone is 1. The standard InChI is InChI=1S/C7H10N2/c8-4-3-7-9-5-1-2-6-9/h3,7H,1-2,5-6H2. The van der Waals surface area contributed by atoms with Crippen molar-refractivity contribution < 1.29 is 0 Å². The van der Waals surface area contributed by atoms with Crippen molar-refractivity contribution in [1.29, 1.82) is 5.26 Å². The van der Waals surface area contributed by atoms with E-state index in [2.05, 4.69) is 4.90 Å². The molecule has 2 nitrogen and oxygen atoms in total. The highest BCUT2D eigenvalue weighted by Crippen LogP contribution is 2.06. The molecule has 9 heavy (non-hydrogen) atoms. The third kappa shape index (κ3) is 1.77. The molecular weight excluding hydrogens is 112 g/mol. The van der Waals surface area contributed by atoms with Crippen LogP contribution in [0, 0.1) is 11.3 Å². The van der Waals surface area contributed by atoms with E-state index in [9.17, 15) is 0 Å². The van der Waals surface area contributed by atoms with Crippen molar-refractivity contribution in [1.82, 2.24) is 4.90 Å². The van der Waals surface area contributed by atoms with Crippen LogP contribution in [0.15, 0.2) is 12.3 Å². The van der Waals surface area contributed by atoms with Crippen LogP contribution in [0.3, 0.4) is 0 Å². The molecule has 2 heteroatoms. The SMILES string of the molecule is N#CC=CN1CCCC1. The van der Waals surface area contributed by atoms with Gasteiger partial charge >= 0.3 is 0 Å². The Morgan fingerprint density at radius 3 is 2.56 bits per heavy atom. The van der Waals surface area contributed by atoms with E-state index in [1.165, 1.54) is 18.9 Å². The molecule has 1 fully saturated rings. The van der Waals surface area contributed by atoms with Gasteiger partial charge in [-0.05, 0) is 12.8 Å². The van der Waals surface area contributed by atoms with E-state index < -0.39 is 0 Å². The molecule has 0 atom stereocenters. The second-order valence-electron chi connectivity index (χ2n) is 2.19. The molecule has 1 aliphatic rings. The molecule has 1 aliphatic heterocycles. The van der Waals surface area contributed by atoms with Crippen molar-refractivity contribution >= 4 is 0 Å². The molecule has 0 N–H and O–H groups in total. The lowest BCUT2D eigenvalue weighted by atomic mass is 10.4. The molecule has 0 aromatic rings. The Morgan fingerprint density at radius 1 is 1.33 bits per heavy atom. The average Bonchev–Trinajstić information content (AvgIpc) is 2.34. The Hall–Kier alpha value is -0.970. The van der Waals surface area contributed by atoms with Crippen LogP contribution in [0.25, 0.3) is 0 Å². The van der Waals surface area contributed by atoms with Gasteiger partial charge in [-0.15, -0.1) is 0 Å². The van der Waals surface area contributed by atoms with Gasteiger partial charge in [-0.1, -0.05) is 0 Å². The fourth-order valence-electron chi connectivity index (χ4n) is 1.03. The number of rotatable bonds is 1. The van der Waals surface area contributed by atoms with E-state index in [0.29, 0.717) is 0 Å². The van der Waals surface area contributed by atoms with Crippen molar-refractivity contribution in [3.63, 3.8) is 0 Å². The molecule has 0 amide bonds. The highest BCUT2D eigenvalue weighted by atomic mass is 15.1. The summed E-state index contributed by atoms with van der Waals surface area (Å²) in [6.07, 6.45) is 5.95. The van der Waals surface area contributed by atoms with E-state index in [0.717, 1.165) is 13.1 Å². The molecule has 0 saturated carbocycles. The Kier molecular flexibility index (Phi) is 2.14. The zero-order valence-corrected chi connectivity index (χ0v) is 5.38. The lowest BCUT2D eigenvalue weighted by molar-refractivity contribution is 0.468. The molecule has 1 saturated heterocycles. The summed E-state index contributed by atoms with van der Waals surface area (Å²) < 4.78 is 0. The van der Waals surface area contributed by atoms with Gasteiger partial charge in [-0.3, -0.25) is 0 Å². The van der Waals surface area contributed by atoms with Gasteiger partial charge in [0.05, 0.1) is 6.07 Å². The van der Waals surface area contributed by atoms with Gasteiger partial charge in [0.1, 0.15) is 0 Å². The third-order valence-electron chi connectivity index (χ3n) is 1.50. The van der Waals surface area contributed by atoms with Crippen molar-refractivity contribution in [3.8, 4) is 6.07 Å². The smallest absolute Gasteiger partial charge is 0.0927 e. The molecular formula is C7H10N2. The topological polar surface area (TPSA) is 27.0 Å². The fraction of sp³-hybridized carbons (Fsp3) is 0.571. The van der Waals surface area contributed by atoms with Crippen molar-refractivity contribution in [2.24, 2.45) is 0 Å². The Bertz CT molecular complexity index is 137. The van der Waals surface area contributed by atoms with Crippen molar-refractivity contribution in [2.75, 3.05) is 13.1 Å². The summed E-state index contributed by atoms with van der Waals surface area (Å²) in [5.41, 5.74) is 0. The maximum Gasteiger partial charge on any atom is 0.0927 e. The summed E-state index contributed by atoms with van der Waals surface area (Å²) in [4.78, 5) is 2.17. The highest BCUT2D eigenvalue weighted by molar-refractivity contribution is 5.01. The minimum atomic E-state index is 1.12. The number of nitrogens with zero attached hydrogens (tertiary/aromatic N) is 2. The summed E-state index contributed by atoms with van der Waals surface area (Å²) in [5.74, 6) is 0. The molecule has 0 aromatic heterocycles. The number of nitriles is 1. The van der Waals surface area contributed by atoms with Gasteiger partial charge in [-0.2, -0.15) is 5.26 Å². The summed E-state index contributed by atoms with van der Waals surface area (Å²) in [6.45, 7) is 2.25. The molecule has 1 heterocycles. The van der Waals surface area contributed by atoms with Gasteiger partial charge < -0.3 is 4.90 Å².